The number of carbonyl (C=O) groups is 2. The predicted molar refractivity (Wildman–Crippen MR) is 115 cm³/mol. The van der Waals surface area contributed by atoms with Crippen molar-refractivity contribution in [2.45, 2.75) is 12.8 Å². The summed E-state index contributed by atoms with van der Waals surface area (Å²) in [5.74, 6) is 0.0250. The lowest BCUT2D eigenvalue weighted by molar-refractivity contribution is -0.139. The molecule has 152 valence electrons. The van der Waals surface area contributed by atoms with Crippen molar-refractivity contribution in [3.63, 3.8) is 0 Å². The Labute approximate surface area is 174 Å². The monoisotopic (exact) mass is 402 g/mol. The summed E-state index contributed by atoms with van der Waals surface area (Å²) in [5.41, 5.74) is 5.22. The van der Waals surface area contributed by atoms with Gasteiger partial charge in [0.1, 0.15) is 12.3 Å². The van der Waals surface area contributed by atoms with Gasteiger partial charge in [0.2, 0.25) is 0 Å². The van der Waals surface area contributed by atoms with Gasteiger partial charge in [-0.25, -0.2) is 4.98 Å². The molecule has 3 aromatic rings. The molecule has 1 aliphatic rings. The predicted octanol–water partition coefficient (Wildman–Crippen LogP) is 3.63. The van der Waals surface area contributed by atoms with Crippen LogP contribution in [-0.2, 0) is 16.0 Å². The lowest BCUT2D eigenvalue weighted by Crippen LogP contribution is -2.31. The molecular formula is C24H22N2O4. The third-order valence-electron chi connectivity index (χ3n) is 5.25. The van der Waals surface area contributed by atoms with Crippen molar-refractivity contribution in [2.24, 2.45) is 0 Å². The molecule has 1 amide bonds. The van der Waals surface area contributed by atoms with Crippen molar-refractivity contribution in [3.8, 4) is 5.75 Å². The molecule has 0 bridgehead atoms. The van der Waals surface area contributed by atoms with E-state index in [0.29, 0.717) is 5.56 Å². The Bertz CT molecular complexity index is 1150. The molecule has 6 nitrogen and oxygen atoms in total. The summed E-state index contributed by atoms with van der Waals surface area (Å²) in [5, 5.41) is 3.46. The van der Waals surface area contributed by atoms with Crippen LogP contribution in [0.25, 0.3) is 22.6 Å². The number of benzene rings is 2. The molecule has 2 aromatic carbocycles. The fourth-order valence-electron chi connectivity index (χ4n) is 3.75. The molecule has 30 heavy (non-hydrogen) atoms. The number of fused-ring (bicyclic) bond motifs is 2. The van der Waals surface area contributed by atoms with Gasteiger partial charge < -0.3 is 14.8 Å². The molecular weight excluding hydrogens is 380 g/mol. The average molecular weight is 402 g/mol. The molecule has 1 aromatic heterocycles. The summed E-state index contributed by atoms with van der Waals surface area (Å²) in [6.07, 6.45) is 3.61. The number of carbonyl (C=O) groups excluding carboxylic acids is 2. The first-order valence-corrected chi connectivity index (χ1v) is 9.72. The minimum atomic E-state index is -0.488. The van der Waals surface area contributed by atoms with Crippen molar-refractivity contribution in [2.75, 3.05) is 20.8 Å². The fraction of sp³-hybridized carbons (Fsp3) is 0.208. The second-order valence-electron chi connectivity index (χ2n) is 7.03. The third-order valence-corrected chi connectivity index (χ3v) is 5.25. The Morgan fingerprint density at radius 1 is 1.07 bits per heavy atom. The maximum atomic E-state index is 13.0. The van der Waals surface area contributed by atoms with Crippen LogP contribution >= 0.6 is 0 Å². The van der Waals surface area contributed by atoms with Crippen LogP contribution in [0.2, 0.25) is 0 Å². The number of allylic oxidation sites excluding steroid dienone is 1. The van der Waals surface area contributed by atoms with Gasteiger partial charge >= 0.3 is 5.97 Å². The molecule has 0 unspecified atom stereocenters. The van der Waals surface area contributed by atoms with Gasteiger partial charge in [-0.3, -0.25) is 9.59 Å². The van der Waals surface area contributed by atoms with Gasteiger partial charge in [-0.1, -0.05) is 30.3 Å². The highest BCUT2D eigenvalue weighted by molar-refractivity contribution is 6.10. The zero-order valence-electron chi connectivity index (χ0n) is 16.9. The molecule has 6 heteroatoms. The minimum absolute atomic E-state index is 0.171. The quantitative estimate of drug-likeness (QED) is 0.660. The van der Waals surface area contributed by atoms with Crippen LogP contribution in [0.1, 0.15) is 33.6 Å². The molecule has 0 saturated carbocycles. The highest BCUT2D eigenvalue weighted by atomic mass is 16.5. The fourth-order valence-corrected chi connectivity index (χ4v) is 3.75. The minimum Gasteiger partial charge on any atom is -0.497 e. The molecule has 0 fully saturated rings. The molecule has 4 rings (SSSR count). The van der Waals surface area contributed by atoms with E-state index in [-0.39, 0.29) is 12.5 Å². The van der Waals surface area contributed by atoms with E-state index >= 15 is 0 Å². The van der Waals surface area contributed by atoms with Crippen molar-refractivity contribution >= 4 is 34.4 Å². The summed E-state index contributed by atoms with van der Waals surface area (Å²) in [7, 11) is 2.94. The standard InChI is InChI=1S/C24H22N2O4/c1-29-17-10-7-15(8-11-17)13-16-9-12-19-22(24(28)25-14-21(27)30-2)18-5-3-4-6-20(18)26-23(16)19/h3-8,10-11,13H,9,12,14H2,1-2H3,(H,25,28)/b16-13+. The lowest BCUT2D eigenvalue weighted by atomic mass is 10.00. The van der Waals surface area contributed by atoms with Crippen molar-refractivity contribution in [3.05, 3.63) is 70.9 Å². The highest BCUT2D eigenvalue weighted by Gasteiger charge is 2.27. The van der Waals surface area contributed by atoms with E-state index in [0.717, 1.165) is 51.9 Å². The van der Waals surface area contributed by atoms with Gasteiger partial charge in [-0.05, 0) is 53.8 Å². The number of nitrogens with one attached hydrogen (secondary N) is 1. The highest BCUT2D eigenvalue weighted by Crippen LogP contribution is 2.37. The third kappa shape index (κ3) is 3.76. The number of rotatable bonds is 5. The summed E-state index contributed by atoms with van der Waals surface area (Å²) < 4.78 is 9.86. The second kappa shape index (κ2) is 8.37. The zero-order chi connectivity index (χ0) is 21.1. The maximum absolute atomic E-state index is 13.0. The van der Waals surface area contributed by atoms with Gasteiger partial charge in [0.25, 0.3) is 5.91 Å². The van der Waals surface area contributed by atoms with Crippen LogP contribution in [-0.4, -0.2) is 37.6 Å². The van der Waals surface area contributed by atoms with Crippen molar-refractivity contribution in [1.29, 1.82) is 0 Å². The summed E-state index contributed by atoms with van der Waals surface area (Å²) in [6.45, 7) is -0.171. The number of para-hydroxylation sites is 1. The van der Waals surface area contributed by atoms with Crippen LogP contribution < -0.4 is 10.1 Å². The van der Waals surface area contributed by atoms with E-state index in [9.17, 15) is 9.59 Å². The van der Waals surface area contributed by atoms with Crippen molar-refractivity contribution < 1.29 is 19.1 Å². The van der Waals surface area contributed by atoms with E-state index in [4.69, 9.17) is 9.72 Å². The first-order valence-electron chi connectivity index (χ1n) is 9.72. The Morgan fingerprint density at radius 2 is 1.83 bits per heavy atom. The van der Waals surface area contributed by atoms with E-state index < -0.39 is 5.97 Å². The second-order valence-corrected chi connectivity index (χ2v) is 7.03. The smallest absolute Gasteiger partial charge is 0.325 e. The number of hydrogen-bond acceptors (Lipinski definition) is 5. The number of esters is 1. The molecule has 0 aliphatic heterocycles. The Kier molecular flexibility index (Phi) is 5.48. The van der Waals surface area contributed by atoms with Crippen LogP contribution in [0.4, 0.5) is 0 Å². The molecule has 0 saturated heterocycles. The van der Waals surface area contributed by atoms with Crippen LogP contribution in [0.15, 0.2) is 48.5 Å². The Morgan fingerprint density at radius 3 is 2.57 bits per heavy atom. The van der Waals surface area contributed by atoms with Gasteiger partial charge in [0.15, 0.2) is 0 Å². The van der Waals surface area contributed by atoms with E-state index in [2.05, 4.69) is 16.1 Å². The molecule has 0 spiro atoms. The van der Waals surface area contributed by atoms with Gasteiger partial charge in [-0.2, -0.15) is 0 Å². The lowest BCUT2D eigenvalue weighted by Gasteiger charge is -2.12. The van der Waals surface area contributed by atoms with Crippen LogP contribution in [0, 0.1) is 0 Å². The average Bonchev–Trinajstić information content (AvgIpc) is 3.18. The molecule has 0 radical (unpaired) electrons. The Hall–Kier alpha value is -3.67. The SMILES string of the molecule is COC(=O)CNC(=O)c1c2c(nc3ccccc13)/C(=C/c1ccc(OC)cc1)CC2. The van der Waals surface area contributed by atoms with Gasteiger partial charge in [-0.15, -0.1) is 0 Å². The number of pyridine rings is 1. The van der Waals surface area contributed by atoms with Gasteiger partial charge in [0, 0.05) is 5.39 Å². The number of nitrogens with zero attached hydrogens (tertiary/aromatic N) is 1. The topological polar surface area (TPSA) is 77.5 Å². The van der Waals surface area contributed by atoms with Crippen LogP contribution in [0.5, 0.6) is 5.75 Å². The number of ether oxygens (including phenoxy) is 2. The normalized spacial score (nSPS) is 13.9. The van der Waals surface area contributed by atoms with Crippen molar-refractivity contribution in [1.82, 2.24) is 10.3 Å². The molecule has 1 heterocycles. The number of aromatic nitrogens is 1. The maximum Gasteiger partial charge on any atom is 0.325 e. The summed E-state index contributed by atoms with van der Waals surface area (Å²) >= 11 is 0. The van der Waals surface area contributed by atoms with Crippen LogP contribution in [0.3, 0.4) is 0 Å². The zero-order valence-corrected chi connectivity index (χ0v) is 16.9. The van der Waals surface area contributed by atoms with E-state index in [1.165, 1.54) is 7.11 Å². The first-order chi connectivity index (χ1) is 14.6. The Balaban J connectivity index is 1.77. The number of amides is 1. The molecule has 0 atom stereocenters. The summed E-state index contributed by atoms with van der Waals surface area (Å²) in [4.78, 5) is 29.3. The molecule has 1 N–H and O–H groups in total. The number of methoxy groups -OCH3 is 2. The van der Waals surface area contributed by atoms with E-state index in [1.807, 2.05) is 48.5 Å². The summed E-state index contributed by atoms with van der Waals surface area (Å²) in [6, 6.07) is 15.4. The largest absolute Gasteiger partial charge is 0.497 e. The van der Waals surface area contributed by atoms with E-state index in [1.54, 1.807) is 7.11 Å². The molecule has 1 aliphatic carbocycles. The number of hydrogen-bond donors (Lipinski definition) is 1. The first kappa shape index (κ1) is 19.6. The van der Waals surface area contributed by atoms with Gasteiger partial charge in [0.05, 0.1) is 31.0 Å².